The van der Waals surface area contributed by atoms with Gasteiger partial charge in [-0.25, -0.2) is 4.98 Å². The Kier molecular flexibility index (Phi) is 7.28. The van der Waals surface area contributed by atoms with Crippen LogP contribution < -0.4 is 5.32 Å². The molecular weight excluding hydrogens is 258 g/mol. The summed E-state index contributed by atoms with van der Waals surface area (Å²) < 4.78 is 2.28. The lowest BCUT2D eigenvalue weighted by Crippen LogP contribution is -2.33. The molecule has 0 amide bonds. The van der Waals surface area contributed by atoms with Crippen LogP contribution in [-0.4, -0.2) is 22.1 Å². The van der Waals surface area contributed by atoms with Gasteiger partial charge in [0.15, 0.2) is 0 Å². The third kappa shape index (κ3) is 5.46. The van der Waals surface area contributed by atoms with Crippen LogP contribution in [0.2, 0.25) is 0 Å². The van der Waals surface area contributed by atoms with Crippen molar-refractivity contribution in [1.82, 2.24) is 14.9 Å². The van der Waals surface area contributed by atoms with Crippen molar-refractivity contribution >= 4 is 0 Å². The van der Waals surface area contributed by atoms with Gasteiger partial charge >= 0.3 is 0 Å². The van der Waals surface area contributed by atoms with Crippen molar-refractivity contribution in [1.29, 1.82) is 0 Å². The fourth-order valence-corrected chi connectivity index (χ4v) is 3.58. The minimum atomic E-state index is 0.597. The highest BCUT2D eigenvalue weighted by Gasteiger charge is 2.17. The number of nitrogens with zero attached hydrogens (tertiary/aromatic N) is 2. The minimum absolute atomic E-state index is 0.597. The topological polar surface area (TPSA) is 29.9 Å². The molecule has 1 saturated carbocycles. The van der Waals surface area contributed by atoms with Crippen molar-refractivity contribution < 1.29 is 0 Å². The third-order valence-corrected chi connectivity index (χ3v) is 4.90. The van der Waals surface area contributed by atoms with Gasteiger partial charge in [-0.2, -0.15) is 0 Å². The first-order chi connectivity index (χ1) is 10.3. The normalized spacial score (nSPS) is 18.0. The number of aryl methyl sites for hydroxylation is 1. The van der Waals surface area contributed by atoms with Crippen molar-refractivity contribution in [3.63, 3.8) is 0 Å². The molecule has 1 fully saturated rings. The van der Waals surface area contributed by atoms with Gasteiger partial charge in [0.25, 0.3) is 0 Å². The highest BCUT2D eigenvalue weighted by atomic mass is 15.1. The molecule has 1 aromatic heterocycles. The Bertz CT molecular complexity index is 380. The maximum absolute atomic E-state index is 4.55. The van der Waals surface area contributed by atoms with Crippen molar-refractivity contribution in [2.45, 2.75) is 84.2 Å². The Morgan fingerprint density at radius 1 is 1.29 bits per heavy atom. The number of imidazole rings is 1. The molecule has 0 radical (unpaired) electrons. The summed E-state index contributed by atoms with van der Waals surface area (Å²) in [6, 6.07) is 0.597. The molecule has 1 N–H and O–H groups in total. The Morgan fingerprint density at radius 3 is 2.81 bits per heavy atom. The van der Waals surface area contributed by atoms with Gasteiger partial charge in [0.1, 0.15) is 5.82 Å². The average Bonchev–Trinajstić information content (AvgIpc) is 2.98. The van der Waals surface area contributed by atoms with Gasteiger partial charge in [-0.15, -0.1) is 0 Å². The van der Waals surface area contributed by atoms with E-state index in [-0.39, 0.29) is 0 Å². The highest BCUT2D eigenvalue weighted by molar-refractivity contribution is 4.95. The van der Waals surface area contributed by atoms with Crippen LogP contribution in [0.3, 0.4) is 0 Å². The molecule has 2 rings (SSSR count). The van der Waals surface area contributed by atoms with E-state index in [1.54, 1.807) is 0 Å². The number of aromatic nitrogens is 2. The molecule has 120 valence electrons. The van der Waals surface area contributed by atoms with Crippen LogP contribution in [0.4, 0.5) is 0 Å². The summed E-state index contributed by atoms with van der Waals surface area (Å²) >= 11 is 0. The van der Waals surface area contributed by atoms with Crippen LogP contribution in [0.25, 0.3) is 0 Å². The second-order valence-corrected chi connectivity index (χ2v) is 6.57. The van der Waals surface area contributed by atoms with E-state index in [0.29, 0.717) is 6.04 Å². The van der Waals surface area contributed by atoms with Crippen molar-refractivity contribution in [2.75, 3.05) is 6.54 Å². The van der Waals surface area contributed by atoms with E-state index in [1.807, 2.05) is 6.20 Å². The molecule has 21 heavy (non-hydrogen) atoms. The van der Waals surface area contributed by atoms with Crippen LogP contribution in [-0.2, 0) is 13.0 Å². The molecule has 0 bridgehead atoms. The van der Waals surface area contributed by atoms with E-state index in [1.165, 1.54) is 57.2 Å². The standard InChI is InChI=1S/C18H33N3/c1-3-12-19-17(11-10-16-8-6-5-7-9-16)15-18-20-13-14-21(18)4-2/h13-14,16-17,19H,3-12,15H2,1-2H3. The third-order valence-electron chi connectivity index (χ3n) is 4.90. The summed E-state index contributed by atoms with van der Waals surface area (Å²) in [5.41, 5.74) is 0. The molecule has 0 aliphatic heterocycles. The molecule has 0 saturated heterocycles. The van der Waals surface area contributed by atoms with Crippen LogP contribution >= 0.6 is 0 Å². The van der Waals surface area contributed by atoms with E-state index in [0.717, 1.165) is 25.4 Å². The molecule has 3 heteroatoms. The fourth-order valence-electron chi connectivity index (χ4n) is 3.58. The maximum Gasteiger partial charge on any atom is 0.110 e. The quantitative estimate of drug-likeness (QED) is 0.740. The summed E-state index contributed by atoms with van der Waals surface area (Å²) in [6.07, 6.45) is 16.3. The first-order valence-corrected chi connectivity index (χ1v) is 9.06. The predicted molar refractivity (Wildman–Crippen MR) is 89.5 cm³/mol. The van der Waals surface area contributed by atoms with Crippen LogP contribution in [0.5, 0.6) is 0 Å². The highest BCUT2D eigenvalue weighted by Crippen LogP contribution is 2.28. The van der Waals surface area contributed by atoms with Gasteiger partial charge in [-0.05, 0) is 38.6 Å². The number of hydrogen-bond donors (Lipinski definition) is 1. The average molecular weight is 291 g/mol. The second kappa shape index (κ2) is 9.24. The lowest BCUT2D eigenvalue weighted by molar-refractivity contribution is 0.310. The molecule has 1 unspecified atom stereocenters. The lowest BCUT2D eigenvalue weighted by Gasteiger charge is -2.25. The van der Waals surface area contributed by atoms with Gasteiger partial charge in [0.05, 0.1) is 0 Å². The van der Waals surface area contributed by atoms with E-state index in [2.05, 4.69) is 34.9 Å². The van der Waals surface area contributed by atoms with Gasteiger partial charge in [-0.1, -0.05) is 39.0 Å². The van der Waals surface area contributed by atoms with E-state index < -0.39 is 0 Å². The molecular formula is C18H33N3. The summed E-state index contributed by atoms with van der Waals surface area (Å²) in [6.45, 7) is 6.60. The van der Waals surface area contributed by atoms with Gasteiger partial charge in [0.2, 0.25) is 0 Å². The van der Waals surface area contributed by atoms with Crippen molar-refractivity contribution in [3.05, 3.63) is 18.2 Å². The van der Waals surface area contributed by atoms with Gasteiger partial charge in [0, 0.05) is 31.4 Å². The largest absolute Gasteiger partial charge is 0.335 e. The van der Waals surface area contributed by atoms with Gasteiger partial charge in [-0.3, -0.25) is 0 Å². The molecule has 0 aromatic carbocycles. The monoisotopic (exact) mass is 291 g/mol. The Labute approximate surface area is 130 Å². The molecule has 1 aliphatic rings. The zero-order chi connectivity index (χ0) is 14.9. The van der Waals surface area contributed by atoms with E-state index >= 15 is 0 Å². The number of hydrogen-bond acceptors (Lipinski definition) is 2. The molecule has 0 spiro atoms. The number of nitrogens with one attached hydrogen (secondary N) is 1. The van der Waals surface area contributed by atoms with Gasteiger partial charge < -0.3 is 9.88 Å². The lowest BCUT2D eigenvalue weighted by atomic mass is 9.85. The number of rotatable bonds is 9. The molecule has 1 aliphatic carbocycles. The SMILES string of the molecule is CCCNC(CCC1CCCCC1)Cc1nccn1CC. The molecule has 1 heterocycles. The molecule has 3 nitrogen and oxygen atoms in total. The predicted octanol–water partition coefficient (Wildman–Crippen LogP) is 4.17. The second-order valence-electron chi connectivity index (χ2n) is 6.57. The zero-order valence-corrected chi connectivity index (χ0v) is 14.0. The van der Waals surface area contributed by atoms with E-state index in [4.69, 9.17) is 0 Å². The smallest absolute Gasteiger partial charge is 0.110 e. The van der Waals surface area contributed by atoms with Crippen LogP contribution in [0.1, 0.15) is 71.0 Å². The fraction of sp³-hybridized carbons (Fsp3) is 0.833. The summed E-state index contributed by atoms with van der Waals surface area (Å²) in [7, 11) is 0. The summed E-state index contributed by atoms with van der Waals surface area (Å²) in [5, 5.41) is 3.75. The zero-order valence-electron chi connectivity index (χ0n) is 14.0. The Morgan fingerprint density at radius 2 is 2.10 bits per heavy atom. The van der Waals surface area contributed by atoms with Crippen LogP contribution in [0, 0.1) is 5.92 Å². The summed E-state index contributed by atoms with van der Waals surface area (Å²) in [5.74, 6) is 2.23. The molecule has 1 aromatic rings. The summed E-state index contributed by atoms with van der Waals surface area (Å²) in [4.78, 5) is 4.55. The minimum Gasteiger partial charge on any atom is -0.335 e. The first-order valence-electron chi connectivity index (χ1n) is 9.06. The first kappa shape index (κ1) is 16.5. The molecule has 1 atom stereocenters. The maximum atomic E-state index is 4.55. The Balaban J connectivity index is 1.84. The van der Waals surface area contributed by atoms with Crippen molar-refractivity contribution in [2.24, 2.45) is 5.92 Å². The van der Waals surface area contributed by atoms with Crippen LogP contribution in [0.15, 0.2) is 12.4 Å². The van der Waals surface area contributed by atoms with Crippen molar-refractivity contribution in [3.8, 4) is 0 Å². The van der Waals surface area contributed by atoms with E-state index in [9.17, 15) is 0 Å². The Hall–Kier alpha value is -0.830.